The van der Waals surface area contributed by atoms with Crippen LogP contribution in [0.25, 0.3) is 21.6 Å². The zero-order valence-electron chi connectivity index (χ0n) is 10.2. The van der Waals surface area contributed by atoms with Gasteiger partial charge >= 0.3 is 0 Å². The van der Waals surface area contributed by atoms with Gasteiger partial charge in [-0.05, 0) is 36.2 Å². The lowest BCUT2D eigenvalue weighted by Gasteiger charge is -2.07. The zero-order valence-corrected chi connectivity index (χ0v) is 10.2. The average molecular weight is 250 g/mol. The molecule has 0 unspecified atom stereocenters. The fraction of sp³-hybridized carbons (Fsp3) is 0.0714. The maximum absolute atomic E-state index is 11.5. The molecular weight excluding hydrogens is 240 g/mol. The molecule has 5 heteroatoms. The molecule has 3 aromatic heterocycles. The van der Waals surface area contributed by atoms with Gasteiger partial charge in [0.25, 0.3) is 11.2 Å². The van der Waals surface area contributed by atoms with E-state index in [0.717, 1.165) is 22.5 Å². The first-order valence-electron chi connectivity index (χ1n) is 5.73. The molecule has 0 fully saturated rings. The van der Waals surface area contributed by atoms with E-state index in [1.807, 2.05) is 35.9 Å². The molecule has 0 amide bonds. The topological polar surface area (TPSA) is 54.5 Å². The quantitative estimate of drug-likeness (QED) is 0.675. The third kappa shape index (κ3) is 1.79. The Bertz CT molecular complexity index is 867. The van der Waals surface area contributed by atoms with Crippen molar-refractivity contribution in [1.29, 1.82) is 0 Å². The van der Waals surface area contributed by atoms with Crippen LogP contribution in [0.2, 0.25) is 0 Å². The van der Waals surface area contributed by atoms with Crippen LogP contribution in [0.5, 0.6) is 0 Å². The summed E-state index contributed by atoms with van der Waals surface area (Å²) in [5.41, 5.74) is 3.14. The van der Waals surface area contributed by atoms with Crippen LogP contribution in [0.15, 0.2) is 41.6 Å². The van der Waals surface area contributed by atoms with E-state index in [2.05, 4.69) is 14.8 Å². The van der Waals surface area contributed by atoms with Crippen molar-refractivity contribution >= 4 is 11.3 Å². The Morgan fingerprint density at radius 1 is 1.42 bits per heavy atom. The third-order valence-corrected chi connectivity index (χ3v) is 3.04. The van der Waals surface area contributed by atoms with Crippen molar-refractivity contribution in [3.63, 3.8) is 0 Å². The van der Waals surface area contributed by atoms with Crippen molar-refractivity contribution in [1.82, 2.24) is 14.4 Å². The van der Waals surface area contributed by atoms with E-state index < -0.39 is 0 Å². The number of hydrogen-bond donors (Lipinski definition) is 1. The molecule has 0 radical (unpaired) electrons. The van der Waals surface area contributed by atoms with E-state index in [-0.39, 0.29) is 11.2 Å². The first-order valence-corrected chi connectivity index (χ1v) is 5.73. The summed E-state index contributed by atoms with van der Waals surface area (Å²) < 4.78 is 1.90. The summed E-state index contributed by atoms with van der Waals surface area (Å²) in [4.78, 5) is 21.7. The standard InChI is InChI=1S/C14H10N4O/c1-9-11(7-12(15-2)14(19)17-9)10-3-4-13-16-5-6-18(13)8-10/h3-8H,1H3,(H,17,19). The van der Waals surface area contributed by atoms with Crippen LogP contribution in [0.4, 0.5) is 5.69 Å². The molecular formula is C14H10N4O. The smallest absolute Gasteiger partial charge is 0.254 e. The molecule has 0 saturated carbocycles. The Morgan fingerprint density at radius 3 is 3.05 bits per heavy atom. The lowest BCUT2D eigenvalue weighted by atomic mass is 10.1. The van der Waals surface area contributed by atoms with Crippen molar-refractivity contribution < 1.29 is 0 Å². The molecule has 3 heterocycles. The molecule has 0 saturated heterocycles. The van der Waals surface area contributed by atoms with Crippen LogP contribution in [0.3, 0.4) is 0 Å². The largest absolute Gasteiger partial charge is 0.335 e. The van der Waals surface area contributed by atoms with Gasteiger partial charge < -0.3 is 9.38 Å². The van der Waals surface area contributed by atoms with Crippen molar-refractivity contribution in [2.45, 2.75) is 6.92 Å². The summed E-state index contributed by atoms with van der Waals surface area (Å²) >= 11 is 0. The van der Waals surface area contributed by atoms with Gasteiger partial charge in [-0.2, -0.15) is 0 Å². The SMILES string of the molecule is [C-]#[N+]c1cc(-c2ccc3nccn3c2)c(C)[nH]c1=O. The van der Waals surface area contributed by atoms with E-state index in [4.69, 9.17) is 6.57 Å². The number of aromatic amines is 1. The fourth-order valence-electron chi connectivity index (χ4n) is 2.07. The van der Waals surface area contributed by atoms with Gasteiger partial charge in [0.05, 0.1) is 6.57 Å². The highest BCUT2D eigenvalue weighted by atomic mass is 16.1. The predicted molar refractivity (Wildman–Crippen MR) is 72.2 cm³/mol. The van der Waals surface area contributed by atoms with Crippen molar-refractivity contribution in [2.24, 2.45) is 0 Å². The molecule has 3 aromatic rings. The number of fused-ring (bicyclic) bond motifs is 1. The van der Waals surface area contributed by atoms with Crippen LogP contribution >= 0.6 is 0 Å². The Balaban J connectivity index is 2.26. The van der Waals surface area contributed by atoms with Crippen LogP contribution in [0, 0.1) is 13.5 Å². The first-order chi connectivity index (χ1) is 9.19. The maximum atomic E-state index is 11.5. The molecule has 0 bridgehead atoms. The second-order valence-corrected chi connectivity index (χ2v) is 4.24. The van der Waals surface area contributed by atoms with E-state index in [1.165, 1.54) is 0 Å². The summed E-state index contributed by atoms with van der Waals surface area (Å²) in [5.74, 6) is 0. The minimum absolute atomic E-state index is 0.103. The number of pyridine rings is 2. The van der Waals surface area contributed by atoms with Crippen LogP contribution < -0.4 is 5.56 Å². The Hall–Kier alpha value is -2.87. The summed E-state index contributed by atoms with van der Waals surface area (Å²) in [5, 5.41) is 0. The number of nitrogens with zero attached hydrogens (tertiary/aromatic N) is 3. The lowest BCUT2D eigenvalue weighted by Crippen LogP contribution is -2.07. The highest BCUT2D eigenvalue weighted by Crippen LogP contribution is 2.24. The normalized spacial score (nSPS) is 10.5. The molecule has 0 atom stereocenters. The number of aryl methyl sites for hydroxylation is 1. The molecule has 0 aliphatic carbocycles. The van der Waals surface area contributed by atoms with Gasteiger partial charge in [-0.3, -0.25) is 4.79 Å². The third-order valence-electron chi connectivity index (χ3n) is 3.04. The lowest BCUT2D eigenvalue weighted by molar-refractivity contribution is 1.14. The second kappa shape index (κ2) is 4.10. The number of nitrogens with one attached hydrogen (secondary N) is 1. The van der Waals surface area contributed by atoms with Gasteiger partial charge in [0.15, 0.2) is 0 Å². The van der Waals surface area contributed by atoms with Gasteiger partial charge in [0, 0.05) is 24.3 Å². The van der Waals surface area contributed by atoms with Gasteiger partial charge in [-0.1, -0.05) is 0 Å². The second-order valence-electron chi connectivity index (χ2n) is 4.24. The molecule has 0 aromatic carbocycles. The van der Waals surface area contributed by atoms with Gasteiger partial charge in [-0.15, -0.1) is 0 Å². The number of H-pyrrole nitrogens is 1. The summed E-state index contributed by atoms with van der Waals surface area (Å²) in [6.45, 7) is 8.83. The van der Waals surface area contributed by atoms with E-state index in [9.17, 15) is 4.79 Å². The monoisotopic (exact) mass is 250 g/mol. The average Bonchev–Trinajstić information content (AvgIpc) is 2.86. The van der Waals surface area contributed by atoms with Crippen molar-refractivity contribution in [3.8, 4) is 11.1 Å². The van der Waals surface area contributed by atoms with Crippen LogP contribution in [-0.2, 0) is 0 Å². The zero-order chi connectivity index (χ0) is 13.4. The minimum atomic E-state index is -0.347. The summed E-state index contributed by atoms with van der Waals surface area (Å²) in [6.07, 6.45) is 5.51. The summed E-state index contributed by atoms with van der Waals surface area (Å²) in [6, 6.07) is 5.45. The van der Waals surface area contributed by atoms with Gasteiger partial charge in [-0.25, -0.2) is 9.83 Å². The van der Waals surface area contributed by atoms with E-state index in [1.54, 1.807) is 12.3 Å². The first kappa shape index (κ1) is 11.2. The highest BCUT2D eigenvalue weighted by Gasteiger charge is 2.08. The highest BCUT2D eigenvalue weighted by molar-refractivity contribution is 5.70. The van der Waals surface area contributed by atoms with Gasteiger partial charge in [0.2, 0.25) is 0 Å². The molecule has 19 heavy (non-hydrogen) atoms. The van der Waals surface area contributed by atoms with Crippen molar-refractivity contribution in [2.75, 3.05) is 0 Å². The molecule has 5 nitrogen and oxygen atoms in total. The molecule has 92 valence electrons. The fourth-order valence-corrected chi connectivity index (χ4v) is 2.07. The maximum Gasteiger partial charge on any atom is 0.254 e. The Kier molecular flexibility index (Phi) is 2.43. The molecule has 0 aliphatic rings. The molecule has 0 spiro atoms. The molecule has 3 rings (SSSR count). The number of rotatable bonds is 1. The van der Waals surface area contributed by atoms with Crippen molar-refractivity contribution in [3.05, 3.63) is 64.3 Å². The van der Waals surface area contributed by atoms with E-state index in [0.29, 0.717) is 0 Å². The Morgan fingerprint density at radius 2 is 2.26 bits per heavy atom. The molecule has 0 aliphatic heterocycles. The van der Waals surface area contributed by atoms with E-state index >= 15 is 0 Å². The van der Waals surface area contributed by atoms with Gasteiger partial charge in [0.1, 0.15) is 5.65 Å². The summed E-state index contributed by atoms with van der Waals surface area (Å²) in [7, 11) is 0. The molecule has 1 N–H and O–H groups in total. The van der Waals surface area contributed by atoms with Crippen LogP contribution in [-0.4, -0.2) is 14.4 Å². The predicted octanol–water partition coefficient (Wildman–Crippen LogP) is 2.55. The number of imidazole rings is 1. The number of hydrogen-bond acceptors (Lipinski definition) is 2. The Labute approximate surface area is 109 Å². The number of aromatic nitrogens is 3. The van der Waals surface area contributed by atoms with Crippen LogP contribution in [0.1, 0.15) is 5.69 Å². The minimum Gasteiger partial charge on any atom is -0.335 e.